The molecule has 1 heterocycles. The highest BCUT2D eigenvalue weighted by Gasteiger charge is 2.22. The van der Waals surface area contributed by atoms with Crippen molar-refractivity contribution in [3.8, 4) is 0 Å². The van der Waals surface area contributed by atoms with Gasteiger partial charge in [-0.15, -0.1) is 0 Å². The summed E-state index contributed by atoms with van der Waals surface area (Å²) in [6, 6.07) is 0.820. The van der Waals surface area contributed by atoms with Crippen LogP contribution in [0.1, 0.15) is 33.1 Å². The number of hydrogen-bond donors (Lipinski definition) is 1. The highest BCUT2D eigenvalue weighted by molar-refractivity contribution is 4.79. The van der Waals surface area contributed by atoms with Gasteiger partial charge in [0.25, 0.3) is 0 Å². The molecular formula is C13H29N3. The highest BCUT2D eigenvalue weighted by atomic mass is 15.2. The van der Waals surface area contributed by atoms with E-state index in [1.54, 1.807) is 0 Å². The predicted molar refractivity (Wildman–Crippen MR) is 70.6 cm³/mol. The molecule has 2 N–H and O–H groups in total. The fourth-order valence-corrected chi connectivity index (χ4v) is 2.49. The van der Waals surface area contributed by atoms with Gasteiger partial charge in [-0.3, -0.25) is 0 Å². The summed E-state index contributed by atoms with van der Waals surface area (Å²) in [6.45, 7) is 8.15. The van der Waals surface area contributed by atoms with Gasteiger partial charge in [-0.1, -0.05) is 6.92 Å². The standard InChI is InChI=1S/C13H29N3/c1-5-13(14)11(2)16(4)10-12-6-8-15(3)9-7-12/h11-13H,5-10,14H2,1-4H3. The van der Waals surface area contributed by atoms with Crippen molar-refractivity contribution in [2.24, 2.45) is 11.7 Å². The third kappa shape index (κ3) is 4.04. The zero-order valence-corrected chi connectivity index (χ0v) is 11.4. The van der Waals surface area contributed by atoms with Crippen LogP contribution in [-0.4, -0.2) is 55.6 Å². The molecule has 3 heteroatoms. The predicted octanol–water partition coefficient (Wildman–Crippen LogP) is 1.39. The van der Waals surface area contributed by atoms with Gasteiger partial charge in [0.15, 0.2) is 0 Å². The molecule has 2 atom stereocenters. The number of piperidine rings is 1. The number of nitrogens with two attached hydrogens (primary N) is 1. The van der Waals surface area contributed by atoms with Gasteiger partial charge < -0.3 is 15.5 Å². The minimum absolute atomic E-state index is 0.316. The van der Waals surface area contributed by atoms with Gasteiger partial charge in [0.1, 0.15) is 0 Å². The molecule has 96 valence electrons. The van der Waals surface area contributed by atoms with E-state index in [-0.39, 0.29) is 0 Å². The molecule has 0 radical (unpaired) electrons. The van der Waals surface area contributed by atoms with E-state index in [2.05, 4.69) is 37.7 Å². The van der Waals surface area contributed by atoms with Gasteiger partial charge in [-0.25, -0.2) is 0 Å². The second-order valence-corrected chi connectivity index (χ2v) is 5.50. The zero-order chi connectivity index (χ0) is 12.1. The van der Waals surface area contributed by atoms with Crippen LogP contribution in [-0.2, 0) is 0 Å². The molecule has 0 spiro atoms. The second kappa shape index (κ2) is 6.58. The van der Waals surface area contributed by atoms with Crippen LogP contribution in [0.5, 0.6) is 0 Å². The molecule has 1 saturated heterocycles. The lowest BCUT2D eigenvalue weighted by molar-refractivity contribution is 0.143. The van der Waals surface area contributed by atoms with Crippen LogP contribution in [0.15, 0.2) is 0 Å². The van der Waals surface area contributed by atoms with Crippen LogP contribution >= 0.6 is 0 Å². The van der Waals surface area contributed by atoms with Gasteiger partial charge in [0.05, 0.1) is 0 Å². The third-order valence-electron chi connectivity index (χ3n) is 4.17. The van der Waals surface area contributed by atoms with E-state index >= 15 is 0 Å². The normalized spacial score (nSPS) is 23.6. The van der Waals surface area contributed by atoms with E-state index in [0.717, 1.165) is 12.3 Å². The molecule has 1 aliphatic heterocycles. The molecule has 0 aromatic rings. The Morgan fingerprint density at radius 2 is 1.94 bits per heavy atom. The highest BCUT2D eigenvalue weighted by Crippen LogP contribution is 2.18. The molecule has 16 heavy (non-hydrogen) atoms. The Morgan fingerprint density at radius 3 is 2.44 bits per heavy atom. The van der Waals surface area contributed by atoms with Crippen molar-refractivity contribution >= 4 is 0 Å². The first-order valence-electron chi connectivity index (χ1n) is 6.69. The van der Waals surface area contributed by atoms with Crippen LogP contribution in [0.3, 0.4) is 0 Å². The van der Waals surface area contributed by atoms with E-state index in [1.165, 1.54) is 32.5 Å². The number of likely N-dealkylation sites (tertiary alicyclic amines) is 1. The first-order chi connectivity index (χ1) is 7.54. The Bertz CT molecular complexity index is 188. The summed E-state index contributed by atoms with van der Waals surface area (Å²) >= 11 is 0. The molecule has 1 rings (SSSR count). The summed E-state index contributed by atoms with van der Waals surface area (Å²) < 4.78 is 0. The summed E-state index contributed by atoms with van der Waals surface area (Å²) in [4.78, 5) is 4.88. The van der Waals surface area contributed by atoms with Gasteiger partial charge in [0, 0.05) is 18.6 Å². The summed E-state index contributed by atoms with van der Waals surface area (Å²) in [5.41, 5.74) is 6.09. The first kappa shape index (κ1) is 13.9. The van der Waals surface area contributed by atoms with Crippen molar-refractivity contribution in [1.29, 1.82) is 0 Å². The van der Waals surface area contributed by atoms with E-state index < -0.39 is 0 Å². The average Bonchev–Trinajstić information content (AvgIpc) is 2.30. The molecule has 0 amide bonds. The Morgan fingerprint density at radius 1 is 1.38 bits per heavy atom. The maximum atomic E-state index is 6.09. The molecule has 3 nitrogen and oxygen atoms in total. The van der Waals surface area contributed by atoms with Crippen molar-refractivity contribution < 1.29 is 0 Å². The molecule has 1 fully saturated rings. The van der Waals surface area contributed by atoms with E-state index in [0.29, 0.717) is 12.1 Å². The number of rotatable bonds is 5. The molecule has 2 unspecified atom stereocenters. The van der Waals surface area contributed by atoms with Gasteiger partial charge >= 0.3 is 0 Å². The lowest BCUT2D eigenvalue weighted by Crippen LogP contribution is -2.46. The molecule has 0 aromatic carbocycles. The Balaban J connectivity index is 2.30. The fourth-order valence-electron chi connectivity index (χ4n) is 2.49. The maximum absolute atomic E-state index is 6.09. The van der Waals surface area contributed by atoms with Crippen molar-refractivity contribution in [3.63, 3.8) is 0 Å². The SMILES string of the molecule is CCC(N)C(C)N(C)CC1CCN(C)CC1. The van der Waals surface area contributed by atoms with E-state index in [9.17, 15) is 0 Å². The lowest BCUT2D eigenvalue weighted by Gasteiger charge is -2.35. The third-order valence-corrected chi connectivity index (χ3v) is 4.17. The molecule has 0 bridgehead atoms. The van der Waals surface area contributed by atoms with Crippen LogP contribution in [0, 0.1) is 5.92 Å². The molecule has 1 aliphatic rings. The summed E-state index contributed by atoms with van der Waals surface area (Å²) in [7, 11) is 4.44. The minimum Gasteiger partial charge on any atom is -0.326 e. The first-order valence-corrected chi connectivity index (χ1v) is 6.69. The molecule has 0 saturated carbocycles. The summed E-state index contributed by atoms with van der Waals surface area (Å²) in [5, 5.41) is 0. The lowest BCUT2D eigenvalue weighted by atomic mass is 9.95. The second-order valence-electron chi connectivity index (χ2n) is 5.50. The zero-order valence-electron chi connectivity index (χ0n) is 11.4. The van der Waals surface area contributed by atoms with E-state index in [4.69, 9.17) is 5.73 Å². The quantitative estimate of drug-likeness (QED) is 0.770. The molecule has 0 aromatic heterocycles. The van der Waals surface area contributed by atoms with Crippen LogP contribution in [0.2, 0.25) is 0 Å². The van der Waals surface area contributed by atoms with Crippen LogP contribution in [0.25, 0.3) is 0 Å². The summed E-state index contributed by atoms with van der Waals surface area (Å²) in [5.74, 6) is 0.868. The maximum Gasteiger partial charge on any atom is 0.0215 e. The van der Waals surface area contributed by atoms with E-state index in [1.807, 2.05) is 0 Å². The van der Waals surface area contributed by atoms with Gasteiger partial charge in [0.2, 0.25) is 0 Å². The monoisotopic (exact) mass is 227 g/mol. The fraction of sp³-hybridized carbons (Fsp3) is 1.00. The number of nitrogens with zero attached hydrogens (tertiary/aromatic N) is 2. The number of hydrogen-bond acceptors (Lipinski definition) is 3. The minimum atomic E-state index is 0.316. The topological polar surface area (TPSA) is 32.5 Å². The largest absolute Gasteiger partial charge is 0.326 e. The van der Waals surface area contributed by atoms with Crippen LogP contribution in [0.4, 0.5) is 0 Å². The van der Waals surface area contributed by atoms with Gasteiger partial charge in [-0.05, 0) is 59.3 Å². The summed E-state index contributed by atoms with van der Waals surface area (Å²) in [6.07, 6.45) is 3.75. The average molecular weight is 227 g/mol. The van der Waals surface area contributed by atoms with Crippen molar-refractivity contribution in [1.82, 2.24) is 9.80 Å². The molecule has 0 aliphatic carbocycles. The Kier molecular flexibility index (Phi) is 5.73. The van der Waals surface area contributed by atoms with Crippen molar-refractivity contribution in [3.05, 3.63) is 0 Å². The van der Waals surface area contributed by atoms with Gasteiger partial charge in [-0.2, -0.15) is 0 Å². The van der Waals surface area contributed by atoms with Crippen LogP contribution < -0.4 is 5.73 Å². The smallest absolute Gasteiger partial charge is 0.0215 e. The van der Waals surface area contributed by atoms with Crippen molar-refractivity contribution in [2.75, 3.05) is 33.7 Å². The van der Waals surface area contributed by atoms with Crippen molar-refractivity contribution in [2.45, 2.75) is 45.2 Å². The Labute approximate surface area is 101 Å². The Hall–Kier alpha value is -0.120. The number of likely N-dealkylation sites (N-methyl/N-ethyl adjacent to an activating group) is 1. The molecular weight excluding hydrogens is 198 g/mol.